The standard InChI is InChI=1S/C13H8F6N4O4/c14-12(15,16)26-7-3-1-6(2-4-7)11-8(20-5-21-11)9(24)22-10(25)23(11)27-13(17,18)19/h1-5,8H,(H,20,21)(H,22,24,25). The zero-order valence-corrected chi connectivity index (χ0v) is 12.8. The molecule has 0 aromatic heterocycles. The number of aliphatic imine (C=N–C) groups is 1. The van der Waals surface area contributed by atoms with Crippen molar-refractivity contribution in [1.29, 1.82) is 0 Å². The smallest absolute Gasteiger partial charge is 0.406 e. The number of hydrogen-bond acceptors (Lipinski definition) is 6. The van der Waals surface area contributed by atoms with Crippen LogP contribution < -0.4 is 15.4 Å². The quantitative estimate of drug-likeness (QED) is 0.757. The summed E-state index contributed by atoms with van der Waals surface area (Å²) >= 11 is 0. The van der Waals surface area contributed by atoms with Crippen LogP contribution in [0.15, 0.2) is 29.3 Å². The summed E-state index contributed by atoms with van der Waals surface area (Å²) in [5.41, 5.74) is -2.46. The van der Waals surface area contributed by atoms with Crippen molar-refractivity contribution in [2.75, 3.05) is 0 Å². The molecular formula is C13H8F6N4O4. The third-order valence-electron chi connectivity index (χ3n) is 3.61. The summed E-state index contributed by atoms with van der Waals surface area (Å²) in [6.07, 6.45) is -9.40. The molecule has 1 aromatic rings. The van der Waals surface area contributed by atoms with Crippen molar-refractivity contribution >= 4 is 18.3 Å². The molecule has 0 spiro atoms. The largest absolute Gasteiger partial charge is 0.573 e. The summed E-state index contributed by atoms with van der Waals surface area (Å²) in [6, 6.07) is 0.353. The van der Waals surface area contributed by atoms with Gasteiger partial charge in [0.25, 0.3) is 5.91 Å². The number of carbonyl (C=O) groups is 2. The van der Waals surface area contributed by atoms with Gasteiger partial charge in [-0.05, 0) is 12.1 Å². The number of nitrogens with one attached hydrogen (secondary N) is 2. The first-order chi connectivity index (χ1) is 12.4. The molecular weight excluding hydrogens is 390 g/mol. The number of alkyl halides is 6. The zero-order valence-electron chi connectivity index (χ0n) is 12.8. The number of carbonyl (C=O) groups excluding carboxylic acids is 2. The van der Waals surface area contributed by atoms with Gasteiger partial charge in [-0.3, -0.25) is 15.1 Å². The van der Waals surface area contributed by atoms with Crippen LogP contribution in [-0.2, 0) is 15.3 Å². The van der Waals surface area contributed by atoms with Crippen molar-refractivity contribution < 1.29 is 45.5 Å². The Kier molecular flexibility index (Phi) is 4.17. The van der Waals surface area contributed by atoms with Gasteiger partial charge >= 0.3 is 18.8 Å². The van der Waals surface area contributed by atoms with Gasteiger partial charge in [-0.1, -0.05) is 12.1 Å². The summed E-state index contributed by atoms with van der Waals surface area (Å²) in [6.45, 7) is 0. The number of nitrogens with zero attached hydrogens (tertiary/aromatic N) is 2. The monoisotopic (exact) mass is 398 g/mol. The minimum atomic E-state index is -5.31. The van der Waals surface area contributed by atoms with Gasteiger partial charge in [-0.15, -0.1) is 26.3 Å². The van der Waals surface area contributed by atoms with Crippen LogP contribution in [0.25, 0.3) is 0 Å². The van der Waals surface area contributed by atoms with E-state index in [4.69, 9.17) is 0 Å². The van der Waals surface area contributed by atoms with E-state index in [0.29, 0.717) is 0 Å². The van der Waals surface area contributed by atoms with Crippen LogP contribution in [0.1, 0.15) is 5.56 Å². The van der Waals surface area contributed by atoms with E-state index in [0.717, 1.165) is 30.6 Å². The molecule has 14 heteroatoms. The second-order valence-electron chi connectivity index (χ2n) is 5.29. The van der Waals surface area contributed by atoms with E-state index >= 15 is 0 Å². The van der Waals surface area contributed by atoms with Crippen molar-refractivity contribution in [3.63, 3.8) is 0 Å². The van der Waals surface area contributed by atoms with Crippen LogP contribution in [0.5, 0.6) is 5.75 Å². The van der Waals surface area contributed by atoms with Crippen LogP contribution in [0.3, 0.4) is 0 Å². The van der Waals surface area contributed by atoms with Gasteiger partial charge < -0.3 is 10.1 Å². The topological polar surface area (TPSA) is 92.3 Å². The summed E-state index contributed by atoms with van der Waals surface area (Å²) in [5.74, 6) is -1.69. The SMILES string of the molecule is O=C1NC(=O)N(OC(F)(F)F)C2(c3ccc(OC(F)(F)F)cc3)NC=NC12. The molecule has 8 nitrogen and oxygen atoms in total. The average Bonchev–Trinajstić information content (AvgIpc) is 2.96. The number of ether oxygens (including phenoxy) is 1. The predicted octanol–water partition coefficient (Wildman–Crippen LogP) is 1.74. The number of hydroxylamine groups is 2. The highest BCUT2D eigenvalue weighted by Crippen LogP contribution is 2.39. The van der Waals surface area contributed by atoms with Gasteiger partial charge in [-0.25, -0.2) is 4.79 Å². The van der Waals surface area contributed by atoms with E-state index in [1.54, 1.807) is 5.32 Å². The van der Waals surface area contributed by atoms with E-state index < -0.39 is 42.1 Å². The minimum absolute atomic E-state index is 0.175. The molecule has 27 heavy (non-hydrogen) atoms. The molecule has 3 rings (SSSR count). The normalized spacial score (nSPS) is 25.1. The van der Waals surface area contributed by atoms with Gasteiger partial charge in [0, 0.05) is 5.56 Å². The van der Waals surface area contributed by atoms with Gasteiger partial charge in [0.15, 0.2) is 11.7 Å². The summed E-state index contributed by atoms with van der Waals surface area (Å²) < 4.78 is 78.7. The van der Waals surface area contributed by atoms with Crippen LogP contribution in [-0.4, -0.2) is 42.1 Å². The lowest BCUT2D eigenvalue weighted by molar-refractivity contribution is -0.420. The lowest BCUT2D eigenvalue weighted by atomic mass is 9.90. The van der Waals surface area contributed by atoms with Crippen molar-refractivity contribution in [2.45, 2.75) is 24.4 Å². The van der Waals surface area contributed by atoms with E-state index in [-0.39, 0.29) is 10.6 Å². The van der Waals surface area contributed by atoms with Crippen molar-refractivity contribution in [1.82, 2.24) is 15.7 Å². The van der Waals surface area contributed by atoms with Gasteiger partial charge in [-0.2, -0.15) is 9.90 Å². The van der Waals surface area contributed by atoms with E-state index in [9.17, 15) is 35.9 Å². The van der Waals surface area contributed by atoms with Gasteiger partial charge in [0.1, 0.15) is 5.75 Å². The van der Waals surface area contributed by atoms with Crippen LogP contribution in [0, 0.1) is 0 Å². The second kappa shape index (κ2) is 6.00. The molecule has 2 aliphatic rings. The molecule has 0 saturated carbocycles. The van der Waals surface area contributed by atoms with Crippen LogP contribution in [0.2, 0.25) is 0 Å². The minimum Gasteiger partial charge on any atom is -0.406 e. The first-order valence-corrected chi connectivity index (χ1v) is 6.99. The van der Waals surface area contributed by atoms with Crippen molar-refractivity contribution in [3.05, 3.63) is 29.8 Å². The lowest BCUT2D eigenvalue weighted by Crippen LogP contribution is -2.71. The Morgan fingerprint density at radius 2 is 1.67 bits per heavy atom. The average molecular weight is 398 g/mol. The molecule has 2 N–H and O–H groups in total. The first-order valence-electron chi connectivity index (χ1n) is 6.99. The Morgan fingerprint density at radius 3 is 2.22 bits per heavy atom. The second-order valence-corrected chi connectivity index (χ2v) is 5.29. The highest BCUT2D eigenvalue weighted by molar-refractivity contribution is 6.02. The molecule has 146 valence electrons. The van der Waals surface area contributed by atoms with E-state index in [2.05, 4.69) is 19.9 Å². The first kappa shape index (κ1) is 18.8. The summed E-state index contributed by atoms with van der Waals surface area (Å²) in [5, 5.41) is 3.84. The maximum Gasteiger partial charge on any atom is 0.573 e. The molecule has 2 aliphatic heterocycles. The third-order valence-corrected chi connectivity index (χ3v) is 3.61. The summed E-state index contributed by atoms with van der Waals surface area (Å²) in [4.78, 5) is 31.4. The number of amides is 3. The highest BCUT2D eigenvalue weighted by atomic mass is 19.4. The Bertz CT molecular complexity index is 793. The zero-order chi connectivity index (χ0) is 20.0. The molecule has 2 heterocycles. The molecule has 0 bridgehead atoms. The number of benzene rings is 1. The molecule has 2 atom stereocenters. The molecule has 0 aliphatic carbocycles. The molecule has 3 amide bonds. The summed E-state index contributed by atoms with van der Waals surface area (Å²) in [7, 11) is 0. The van der Waals surface area contributed by atoms with Crippen LogP contribution >= 0.6 is 0 Å². The molecule has 0 radical (unpaired) electrons. The maximum atomic E-state index is 12.8. The molecule has 1 aromatic carbocycles. The Labute approximate surface area is 145 Å². The Morgan fingerprint density at radius 1 is 1.04 bits per heavy atom. The Balaban J connectivity index is 2.04. The highest BCUT2D eigenvalue weighted by Gasteiger charge is 2.61. The molecule has 1 fully saturated rings. The van der Waals surface area contributed by atoms with Crippen molar-refractivity contribution in [2.24, 2.45) is 4.99 Å². The third kappa shape index (κ3) is 3.47. The lowest BCUT2D eigenvalue weighted by Gasteiger charge is -2.44. The molecule has 1 saturated heterocycles. The predicted molar refractivity (Wildman–Crippen MR) is 72.7 cm³/mol. The van der Waals surface area contributed by atoms with E-state index in [1.807, 2.05) is 0 Å². The fourth-order valence-electron chi connectivity index (χ4n) is 2.69. The number of fused-ring (bicyclic) bond motifs is 1. The Hall–Kier alpha value is -3.03. The number of rotatable bonds is 3. The fraction of sp³-hybridized carbons (Fsp3) is 0.308. The maximum absolute atomic E-state index is 12.8. The number of imide groups is 1. The number of hydrogen-bond donors (Lipinski definition) is 2. The fourth-order valence-corrected chi connectivity index (χ4v) is 2.69. The van der Waals surface area contributed by atoms with Gasteiger partial charge in [0.2, 0.25) is 0 Å². The van der Waals surface area contributed by atoms with Crippen molar-refractivity contribution in [3.8, 4) is 5.75 Å². The number of urea groups is 1. The van der Waals surface area contributed by atoms with Crippen LogP contribution in [0.4, 0.5) is 31.1 Å². The van der Waals surface area contributed by atoms with Gasteiger partial charge in [0.05, 0.1) is 6.34 Å². The molecule has 2 unspecified atom stereocenters. The number of halogens is 6. The van der Waals surface area contributed by atoms with E-state index in [1.165, 1.54) is 0 Å².